The average molecular weight is 196 g/mol. The fourth-order valence-electron chi connectivity index (χ4n) is 1.66. The predicted octanol–water partition coefficient (Wildman–Crippen LogP) is 0.881. The minimum atomic E-state index is -0.545. The molecule has 0 spiro atoms. The molecule has 5 heteroatoms. The zero-order valence-corrected chi connectivity index (χ0v) is 7.56. The Morgan fingerprint density at radius 1 is 1.43 bits per heavy atom. The third-order valence-electron chi connectivity index (χ3n) is 2.31. The fourth-order valence-corrected chi connectivity index (χ4v) is 1.66. The summed E-state index contributed by atoms with van der Waals surface area (Å²) in [5.74, 6) is -0.493. The Bertz CT molecular complexity index is 512. The number of nitrogens with one attached hydrogen (secondary N) is 2. The lowest BCUT2D eigenvalue weighted by molar-refractivity contribution is 0.545. The fraction of sp³-hybridized carbons (Fsp3) is 0.333. The van der Waals surface area contributed by atoms with Gasteiger partial charge in [-0.1, -0.05) is 6.92 Å². The van der Waals surface area contributed by atoms with Crippen LogP contribution in [0.3, 0.4) is 0 Å². The molecular weight excluding hydrogens is 187 g/mol. The van der Waals surface area contributed by atoms with Crippen LogP contribution in [0.15, 0.2) is 15.4 Å². The summed E-state index contributed by atoms with van der Waals surface area (Å²) in [7, 11) is 0. The highest BCUT2D eigenvalue weighted by molar-refractivity contribution is 5.56. The third kappa shape index (κ3) is 1.30. The largest absolute Gasteiger partial charge is 0.325 e. The van der Waals surface area contributed by atoms with E-state index in [9.17, 15) is 14.0 Å². The minimum Gasteiger partial charge on any atom is -0.310 e. The number of allylic oxidation sites excluding steroid dienone is 1. The number of hydrogen-bond acceptors (Lipinski definition) is 2. The highest BCUT2D eigenvalue weighted by atomic mass is 19.1. The smallest absolute Gasteiger partial charge is 0.310 e. The standard InChI is InChI=1S/C9H9FN2O2/c1-4-2-5(10)3-6-7(4)11-9(14)12-8(6)13/h3-4H,2H2,1H3,(H2,11,12,13,14). The van der Waals surface area contributed by atoms with E-state index in [1.54, 1.807) is 6.92 Å². The molecule has 14 heavy (non-hydrogen) atoms. The number of hydrogen-bond donors (Lipinski definition) is 2. The van der Waals surface area contributed by atoms with Crippen LogP contribution in [0, 0.1) is 0 Å². The van der Waals surface area contributed by atoms with E-state index < -0.39 is 11.2 Å². The molecule has 0 aromatic carbocycles. The van der Waals surface area contributed by atoms with Crippen molar-refractivity contribution in [2.75, 3.05) is 0 Å². The Balaban J connectivity index is 2.78. The number of fused-ring (bicyclic) bond motifs is 1. The summed E-state index contributed by atoms with van der Waals surface area (Å²) >= 11 is 0. The number of rotatable bonds is 0. The molecule has 2 N–H and O–H groups in total. The van der Waals surface area contributed by atoms with Crippen molar-refractivity contribution in [1.82, 2.24) is 9.97 Å². The number of aromatic amines is 2. The van der Waals surface area contributed by atoms with Crippen LogP contribution in [-0.2, 0) is 0 Å². The van der Waals surface area contributed by atoms with Crippen LogP contribution >= 0.6 is 0 Å². The summed E-state index contributed by atoms with van der Waals surface area (Å²) in [4.78, 5) is 26.8. The van der Waals surface area contributed by atoms with Crippen molar-refractivity contribution in [3.63, 3.8) is 0 Å². The Hall–Kier alpha value is -1.65. The maximum atomic E-state index is 13.0. The van der Waals surface area contributed by atoms with Crippen molar-refractivity contribution in [3.05, 3.63) is 37.9 Å². The van der Waals surface area contributed by atoms with E-state index >= 15 is 0 Å². The summed E-state index contributed by atoms with van der Waals surface area (Å²) in [5.41, 5.74) is -0.345. The monoisotopic (exact) mass is 196 g/mol. The van der Waals surface area contributed by atoms with Crippen molar-refractivity contribution in [2.45, 2.75) is 19.3 Å². The van der Waals surface area contributed by atoms with Crippen molar-refractivity contribution < 1.29 is 4.39 Å². The van der Waals surface area contributed by atoms with Crippen LogP contribution in [0.5, 0.6) is 0 Å². The van der Waals surface area contributed by atoms with Gasteiger partial charge in [-0.2, -0.15) is 0 Å². The Kier molecular flexibility index (Phi) is 1.87. The van der Waals surface area contributed by atoms with Gasteiger partial charge in [-0.15, -0.1) is 0 Å². The van der Waals surface area contributed by atoms with Crippen LogP contribution in [0.4, 0.5) is 4.39 Å². The van der Waals surface area contributed by atoms with E-state index in [1.165, 1.54) is 6.08 Å². The second kappa shape index (κ2) is 2.94. The van der Waals surface area contributed by atoms with Gasteiger partial charge in [0.15, 0.2) is 0 Å². The molecule has 2 rings (SSSR count). The summed E-state index contributed by atoms with van der Waals surface area (Å²) < 4.78 is 13.0. The predicted molar refractivity (Wildman–Crippen MR) is 49.8 cm³/mol. The molecule has 0 saturated heterocycles. The van der Waals surface area contributed by atoms with Crippen molar-refractivity contribution in [2.24, 2.45) is 0 Å². The second-order valence-corrected chi connectivity index (χ2v) is 3.43. The molecule has 1 aliphatic carbocycles. The number of halogens is 1. The molecule has 1 aromatic rings. The van der Waals surface area contributed by atoms with Gasteiger partial charge in [-0.3, -0.25) is 9.78 Å². The van der Waals surface area contributed by atoms with Crippen LogP contribution in [0.25, 0.3) is 6.08 Å². The molecular formula is C9H9FN2O2. The van der Waals surface area contributed by atoms with E-state index in [1.807, 2.05) is 0 Å². The molecule has 0 saturated carbocycles. The van der Waals surface area contributed by atoms with Crippen LogP contribution in [0.1, 0.15) is 30.5 Å². The summed E-state index contributed by atoms with van der Waals surface area (Å²) in [5, 5.41) is 0. The van der Waals surface area contributed by atoms with Crippen molar-refractivity contribution >= 4 is 6.08 Å². The van der Waals surface area contributed by atoms with Gasteiger partial charge in [-0.05, 0) is 6.08 Å². The highest BCUT2D eigenvalue weighted by Gasteiger charge is 2.20. The lowest BCUT2D eigenvalue weighted by atomic mass is 9.93. The van der Waals surface area contributed by atoms with Gasteiger partial charge in [0.1, 0.15) is 5.83 Å². The molecule has 1 unspecified atom stereocenters. The maximum Gasteiger partial charge on any atom is 0.325 e. The number of H-pyrrole nitrogens is 2. The molecule has 1 aliphatic rings. The maximum absolute atomic E-state index is 13.0. The quantitative estimate of drug-likeness (QED) is 0.646. The molecule has 1 heterocycles. The van der Waals surface area contributed by atoms with Crippen LogP contribution in [-0.4, -0.2) is 9.97 Å². The average Bonchev–Trinajstić information content (AvgIpc) is 2.07. The molecule has 74 valence electrons. The van der Waals surface area contributed by atoms with Gasteiger partial charge < -0.3 is 4.98 Å². The Morgan fingerprint density at radius 2 is 2.14 bits per heavy atom. The first-order chi connectivity index (χ1) is 6.58. The second-order valence-electron chi connectivity index (χ2n) is 3.43. The molecule has 1 atom stereocenters. The van der Waals surface area contributed by atoms with Gasteiger partial charge >= 0.3 is 5.69 Å². The lowest BCUT2D eigenvalue weighted by Gasteiger charge is -2.16. The van der Waals surface area contributed by atoms with Crippen LogP contribution in [0.2, 0.25) is 0 Å². The van der Waals surface area contributed by atoms with E-state index in [2.05, 4.69) is 9.97 Å². The lowest BCUT2D eigenvalue weighted by Crippen LogP contribution is -2.28. The van der Waals surface area contributed by atoms with Crippen molar-refractivity contribution in [1.29, 1.82) is 0 Å². The zero-order valence-electron chi connectivity index (χ0n) is 7.56. The van der Waals surface area contributed by atoms with Gasteiger partial charge in [0, 0.05) is 18.0 Å². The van der Waals surface area contributed by atoms with E-state index in [0.717, 1.165) is 0 Å². The molecule has 0 amide bonds. The van der Waals surface area contributed by atoms with Gasteiger partial charge in [0.25, 0.3) is 5.56 Å². The molecule has 1 aromatic heterocycles. The number of aromatic nitrogens is 2. The van der Waals surface area contributed by atoms with Gasteiger partial charge in [0.2, 0.25) is 0 Å². The first kappa shape index (κ1) is 8.93. The zero-order chi connectivity index (χ0) is 10.3. The summed E-state index contributed by atoms with van der Waals surface area (Å²) in [6.07, 6.45) is 1.40. The van der Waals surface area contributed by atoms with Crippen molar-refractivity contribution in [3.8, 4) is 0 Å². The highest BCUT2D eigenvalue weighted by Crippen LogP contribution is 2.29. The topological polar surface area (TPSA) is 65.7 Å². The molecule has 0 aliphatic heterocycles. The van der Waals surface area contributed by atoms with E-state index in [-0.39, 0.29) is 23.7 Å². The molecule has 0 radical (unpaired) electrons. The van der Waals surface area contributed by atoms with E-state index in [4.69, 9.17) is 0 Å². The molecule has 4 nitrogen and oxygen atoms in total. The first-order valence-electron chi connectivity index (χ1n) is 4.30. The summed E-state index contributed by atoms with van der Waals surface area (Å²) in [6, 6.07) is 0. The summed E-state index contributed by atoms with van der Waals surface area (Å²) in [6.45, 7) is 1.76. The SMILES string of the molecule is CC1CC(F)=Cc2c1[nH]c(=O)[nH]c2=O. The van der Waals surface area contributed by atoms with Gasteiger partial charge in [-0.25, -0.2) is 9.18 Å². The van der Waals surface area contributed by atoms with Gasteiger partial charge in [0.05, 0.1) is 5.56 Å². The Labute approximate surface area is 78.5 Å². The molecule has 0 bridgehead atoms. The normalized spacial score (nSPS) is 20.1. The first-order valence-corrected chi connectivity index (χ1v) is 4.30. The third-order valence-corrected chi connectivity index (χ3v) is 2.31. The van der Waals surface area contributed by atoms with Crippen LogP contribution < -0.4 is 11.2 Å². The molecule has 0 fully saturated rings. The minimum absolute atomic E-state index is 0.162. The Morgan fingerprint density at radius 3 is 2.86 bits per heavy atom. The van der Waals surface area contributed by atoms with E-state index in [0.29, 0.717) is 5.69 Å².